The number of aryl methyl sites for hydroxylation is 1. The molecule has 2 aliphatic heterocycles. The number of hydrogen-bond donors (Lipinski definition) is 0. The predicted molar refractivity (Wildman–Crippen MR) is 98.4 cm³/mol. The van der Waals surface area contributed by atoms with Gasteiger partial charge in [0.1, 0.15) is 0 Å². The number of carbonyl (C=O) groups excluding carboxylic acids is 2. The lowest BCUT2D eigenvalue weighted by Gasteiger charge is -2.37. The van der Waals surface area contributed by atoms with Crippen molar-refractivity contribution in [1.29, 1.82) is 0 Å². The Labute approximate surface area is 151 Å². The Balaban J connectivity index is 1.38. The summed E-state index contributed by atoms with van der Waals surface area (Å²) in [4.78, 5) is 33.5. The second-order valence-electron chi connectivity index (χ2n) is 7.25. The van der Waals surface area contributed by atoms with E-state index in [9.17, 15) is 9.59 Å². The molecule has 1 aromatic carbocycles. The average molecular weight is 357 g/mol. The Bertz CT molecular complexity index is 785. The molecule has 25 heavy (non-hydrogen) atoms. The van der Waals surface area contributed by atoms with Crippen LogP contribution in [0.15, 0.2) is 24.3 Å². The van der Waals surface area contributed by atoms with Gasteiger partial charge in [0.25, 0.3) is 0 Å². The first kappa shape index (κ1) is 16.5. The molecule has 2 aliphatic rings. The highest BCUT2D eigenvalue weighted by molar-refractivity contribution is 7.18. The maximum Gasteiger partial charge on any atom is 0.230 e. The average Bonchev–Trinajstić information content (AvgIpc) is 3.22. The van der Waals surface area contributed by atoms with Gasteiger partial charge in [0.05, 0.1) is 20.6 Å². The first-order valence-electron chi connectivity index (χ1n) is 8.95. The molecule has 0 aliphatic carbocycles. The molecule has 2 fully saturated rings. The first-order valence-corrected chi connectivity index (χ1v) is 9.77. The molecule has 1 spiro atoms. The van der Waals surface area contributed by atoms with Crippen LogP contribution in [0.25, 0.3) is 10.2 Å². The number of fused-ring (bicyclic) bond motifs is 1. The minimum absolute atomic E-state index is 0.150. The third kappa shape index (κ3) is 3.03. The van der Waals surface area contributed by atoms with Crippen LogP contribution in [0, 0.1) is 5.41 Å². The number of thiazole rings is 1. The van der Waals surface area contributed by atoms with Crippen LogP contribution in [0.5, 0.6) is 0 Å². The van der Waals surface area contributed by atoms with E-state index in [0.29, 0.717) is 25.9 Å². The lowest BCUT2D eigenvalue weighted by Crippen LogP contribution is -2.48. The van der Waals surface area contributed by atoms with Crippen LogP contribution in [0.3, 0.4) is 0 Å². The van der Waals surface area contributed by atoms with Crippen LogP contribution < -0.4 is 0 Å². The highest BCUT2D eigenvalue weighted by atomic mass is 32.1. The number of hydrogen-bond acceptors (Lipinski definition) is 4. The van der Waals surface area contributed by atoms with Crippen LogP contribution in [-0.2, 0) is 16.0 Å². The van der Waals surface area contributed by atoms with Crippen molar-refractivity contribution in [3.63, 3.8) is 0 Å². The number of likely N-dealkylation sites (tertiary alicyclic amines) is 2. The maximum absolute atomic E-state index is 12.6. The van der Waals surface area contributed by atoms with Crippen molar-refractivity contribution in [2.45, 2.75) is 32.1 Å². The molecule has 0 N–H and O–H groups in total. The largest absolute Gasteiger partial charge is 0.345 e. The second kappa shape index (κ2) is 6.41. The van der Waals surface area contributed by atoms with Crippen molar-refractivity contribution < 1.29 is 9.59 Å². The smallest absolute Gasteiger partial charge is 0.230 e. The molecule has 6 heteroatoms. The molecule has 0 saturated carbocycles. The zero-order chi connectivity index (χ0) is 17.4. The molecule has 2 aromatic rings. The number of carbonyl (C=O) groups is 2. The van der Waals surface area contributed by atoms with E-state index in [-0.39, 0.29) is 17.2 Å². The fourth-order valence-electron chi connectivity index (χ4n) is 4.13. The third-order valence-corrected chi connectivity index (χ3v) is 6.64. The molecule has 1 atom stereocenters. The number of nitrogens with zero attached hydrogens (tertiary/aromatic N) is 3. The second-order valence-corrected chi connectivity index (χ2v) is 8.37. The maximum atomic E-state index is 12.6. The van der Waals surface area contributed by atoms with Crippen molar-refractivity contribution in [2.75, 3.05) is 26.7 Å². The molecule has 4 rings (SSSR count). The van der Waals surface area contributed by atoms with Crippen molar-refractivity contribution >= 4 is 33.4 Å². The Kier molecular flexibility index (Phi) is 4.23. The van der Waals surface area contributed by atoms with Gasteiger partial charge < -0.3 is 9.80 Å². The van der Waals surface area contributed by atoms with Gasteiger partial charge in [-0.05, 0) is 31.4 Å². The zero-order valence-corrected chi connectivity index (χ0v) is 15.3. The summed E-state index contributed by atoms with van der Waals surface area (Å²) in [6.07, 6.45) is 3.91. The molecule has 1 aromatic heterocycles. The lowest BCUT2D eigenvalue weighted by molar-refractivity contribution is -0.144. The van der Waals surface area contributed by atoms with Crippen LogP contribution in [0.1, 0.15) is 30.7 Å². The Morgan fingerprint density at radius 1 is 1.28 bits per heavy atom. The standard InChI is InChI=1S/C19H23N3O2S/c1-21-11-4-9-19(18(21)24)10-12-22(13-19)17(23)8-7-16-20-14-5-2-3-6-15(14)25-16/h2-3,5-6H,4,7-13H2,1H3/t19-/m1/s1. The quantitative estimate of drug-likeness (QED) is 0.849. The fourth-order valence-corrected chi connectivity index (χ4v) is 5.10. The van der Waals surface area contributed by atoms with Gasteiger partial charge in [-0.2, -0.15) is 0 Å². The molecule has 0 unspecified atom stereocenters. The van der Waals surface area contributed by atoms with Crippen LogP contribution in [-0.4, -0.2) is 53.3 Å². The Morgan fingerprint density at radius 2 is 2.12 bits per heavy atom. The molecule has 0 radical (unpaired) electrons. The summed E-state index contributed by atoms with van der Waals surface area (Å²) in [6.45, 7) is 2.14. The normalized spacial score (nSPS) is 23.8. The zero-order valence-electron chi connectivity index (χ0n) is 14.5. The SMILES string of the molecule is CN1CCC[C@]2(CCN(C(=O)CCc3nc4ccccc4s3)C2)C1=O. The summed E-state index contributed by atoms with van der Waals surface area (Å²) in [5.74, 6) is 0.373. The summed E-state index contributed by atoms with van der Waals surface area (Å²) in [5, 5.41) is 1.01. The molecule has 2 amide bonds. The van der Waals surface area contributed by atoms with Crippen LogP contribution in [0.4, 0.5) is 0 Å². The van der Waals surface area contributed by atoms with Crippen LogP contribution in [0.2, 0.25) is 0 Å². The van der Waals surface area contributed by atoms with Crippen molar-refractivity contribution in [2.24, 2.45) is 5.41 Å². The van der Waals surface area contributed by atoms with E-state index in [1.165, 1.54) is 4.70 Å². The van der Waals surface area contributed by atoms with Gasteiger partial charge in [-0.1, -0.05) is 12.1 Å². The molecular weight excluding hydrogens is 334 g/mol. The number of aromatic nitrogens is 1. The van der Waals surface area contributed by atoms with Crippen LogP contribution >= 0.6 is 11.3 Å². The van der Waals surface area contributed by atoms with Crippen molar-refractivity contribution in [3.8, 4) is 0 Å². The highest BCUT2D eigenvalue weighted by Gasteiger charge is 2.48. The van der Waals surface area contributed by atoms with Gasteiger partial charge in [0, 0.05) is 39.5 Å². The van der Waals surface area contributed by atoms with Crippen molar-refractivity contribution in [1.82, 2.24) is 14.8 Å². The van der Waals surface area contributed by atoms with E-state index >= 15 is 0 Å². The molecule has 132 valence electrons. The minimum atomic E-state index is -0.321. The van der Waals surface area contributed by atoms with E-state index in [2.05, 4.69) is 11.1 Å². The molecular formula is C19H23N3O2S. The van der Waals surface area contributed by atoms with Crippen molar-refractivity contribution in [3.05, 3.63) is 29.3 Å². The van der Waals surface area contributed by atoms with E-state index in [0.717, 1.165) is 36.3 Å². The highest BCUT2D eigenvalue weighted by Crippen LogP contribution is 2.39. The van der Waals surface area contributed by atoms with Gasteiger partial charge in [-0.3, -0.25) is 9.59 Å². The van der Waals surface area contributed by atoms with Gasteiger partial charge >= 0.3 is 0 Å². The fraction of sp³-hybridized carbons (Fsp3) is 0.526. The van der Waals surface area contributed by atoms with Gasteiger partial charge in [0.15, 0.2) is 0 Å². The topological polar surface area (TPSA) is 53.5 Å². The summed E-state index contributed by atoms with van der Waals surface area (Å²) in [7, 11) is 1.88. The molecule has 3 heterocycles. The lowest BCUT2D eigenvalue weighted by atomic mass is 9.78. The number of piperidine rings is 1. The van der Waals surface area contributed by atoms with E-state index in [1.54, 1.807) is 11.3 Å². The minimum Gasteiger partial charge on any atom is -0.345 e. The van der Waals surface area contributed by atoms with E-state index < -0.39 is 0 Å². The Hall–Kier alpha value is -1.95. The van der Waals surface area contributed by atoms with Gasteiger partial charge in [-0.25, -0.2) is 4.98 Å². The Morgan fingerprint density at radius 3 is 2.96 bits per heavy atom. The van der Waals surface area contributed by atoms with E-state index in [1.807, 2.05) is 35.0 Å². The monoisotopic (exact) mass is 357 g/mol. The predicted octanol–water partition coefficient (Wildman–Crippen LogP) is 2.70. The number of para-hydroxylation sites is 1. The molecule has 0 bridgehead atoms. The van der Waals surface area contributed by atoms with Gasteiger partial charge in [0.2, 0.25) is 11.8 Å². The van der Waals surface area contributed by atoms with E-state index in [4.69, 9.17) is 0 Å². The summed E-state index contributed by atoms with van der Waals surface area (Å²) in [5.41, 5.74) is 0.685. The first-order chi connectivity index (χ1) is 12.1. The number of benzene rings is 1. The molecule has 5 nitrogen and oxygen atoms in total. The number of amides is 2. The summed E-state index contributed by atoms with van der Waals surface area (Å²) >= 11 is 1.66. The van der Waals surface area contributed by atoms with Gasteiger partial charge in [-0.15, -0.1) is 11.3 Å². The summed E-state index contributed by atoms with van der Waals surface area (Å²) < 4.78 is 1.17. The summed E-state index contributed by atoms with van der Waals surface area (Å²) in [6, 6.07) is 8.07. The third-order valence-electron chi connectivity index (χ3n) is 5.55. The number of rotatable bonds is 3. The molecule has 2 saturated heterocycles.